The van der Waals surface area contributed by atoms with Crippen LogP contribution in [0.15, 0.2) is 18.2 Å². The fourth-order valence-corrected chi connectivity index (χ4v) is 1.39. The van der Waals surface area contributed by atoms with E-state index in [9.17, 15) is 31.1 Å². The van der Waals surface area contributed by atoms with Gasteiger partial charge in [0, 0.05) is 6.42 Å². The highest BCUT2D eigenvalue weighted by molar-refractivity contribution is 5.50. The van der Waals surface area contributed by atoms with Gasteiger partial charge in [-0.3, -0.25) is 0 Å². The molecule has 1 aromatic carbocycles. The van der Waals surface area contributed by atoms with E-state index in [1.165, 1.54) is 0 Å². The van der Waals surface area contributed by atoms with Gasteiger partial charge in [0.05, 0.1) is 11.1 Å². The summed E-state index contributed by atoms with van der Waals surface area (Å²) in [5.74, 6) is 0. The molecule has 0 atom stereocenters. The number of carbonyl (C=O) groups excluding carboxylic acids is 1. The van der Waals surface area contributed by atoms with Crippen molar-refractivity contribution in [2.75, 3.05) is 0 Å². The molecule has 0 heterocycles. The fourth-order valence-electron chi connectivity index (χ4n) is 1.39. The van der Waals surface area contributed by atoms with Gasteiger partial charge in [0.1, 0.15) is 6.29 Å². The van der Waals surface area contributed by atoms with Crippen molar-refractivity contribution in [3.05, 3.63) is 34.9 Å². The highest BCUT2D eigenvalue weighted by Crippen LogP contribution is 2.36. The van der Waals surface area contributed by atoms with Crippen LogP contribution >= 0.6 is 0 Å². The molecular formula is C11H8F6O. The van der Waals surface area contributed by atoms with Crippen molar-refractivity contribution in [3.8, 4) is 0 Å². The van der Waals surface area contributed by atoms with E-state index in [1.54, 1.807) is 0 Å². The second kappa shape index (κ2) is 4.99. The minimum Gasteiger partial charge on any atom is -0.303 e. The maximum atomic E-state index is 12.4. The Bertz CT molecular complexity index is 400. The molecule has 0 aliphatic rings. The van der Waals surface area contributed by atoms with E-state index in [0.29, 0.717) is 18.4 Å². The van der Waals surface area contributed by atoms with Gasteiger partial charge in [0.2, 0.25) is 0 Å². The maximum Gasteiger partial charge on any atom is 0.416 e. The molecule has 0 N–H and O–H groups in total. The minimum atomic E-state index is -4.85. The number of hydrogen-bond acceptors (Lipinski definition) is 1. The molecule has 7 heteroatoms. The number of aryl methyl sites for hydroxylation is 1. The van der Waals surface area contributed by atoms with Crippen LogP contribution in [-0.4, -0.2) is 6.29 Å². The molecule has 1 rings (SSSR count). The first-order chi connectivity index (χ1) is 8.14. The van der Waals surface area contributed by atoms with Crippen LogP contribution in [-0.2, 0) is 23.6 Å². The molecule has 0 unspecified atom stereocenters. The third-order valence-electron chi connectivity index (χ3n) is 2.20. The summed E-state index contributed by atoms with van der Waals surface area (Å²) < 4.78 is 74.5. The van der Waals surface area contributed by atoms with Gasteiger partial charge in [-0.2, -0.15) is 26.3 Å². The van der Waals surface area contributed by atoms with E-state index in [1.807, 2.05) is 0 Å². The molecule has 0 aliphatic heterocycles. The van der Waals surface area contributed by atoms with Gasteiger partial charge in [-0.15, -0.1) is 0 Å². The van der Waals surface area contributed by atoms with Gasteiger partial charge in [0.15, 0.2) is 0 Å². The van der Waals surface area contributed by atoms with Crippen LogP contribution in [0.3, 0.4) is 0 Å². The first kappa shape index (κ1) is 14.5. The Morgan fingerprint density at radius 2 is 1.33 bits per heavy atom. The normalized spacial score (nSPS) is 12.6. The molecule has 0 aromatic heterocycles. The highest BCUT2D eigenvalue weighted by Gasteiger charge is 2.36. The molecular weight excluding hydrogens is 262 g/mol. The second-order valence-electron chi connectivity index (χ2n) is 3.62. The standard InChI is InChI=1S/C11H8F6O/c12-10(13,14)8-4-7(2-1-3-18)5-9(6-8)11(15,16)17/h3-6H,1-2H2. The topological polar surface area (TPSA) is 17.1 Å². The van der Waals surface area contributed by atoms with E-state index in [0.717, 1.165) is 0 Å². The molecule has 0 saturated heterocycles. The van der Waals surface area contributed by atoms with E-state index in [4.69, 9.17) is 0 Å². The summed E-state index contributed by atoms with van der Waals surface area (Å²) in [6.45, 7) is 0. The van der Waals surface area contributed by atoms with Crippen LogP contribution in [0.2, 0.25) is 0 Å². The summed E-state index contributed by atoms with van der Waals surface area (Å²) in [5.41, 5.74) is -2.89. The van der Waals surface area contributed by atoms with Gasteiger partial charge >= 0.3 is 12.4 Å². The summed E-state index contributed by atoms with van der Waals surface area (Å²) >= 11 is 0. The Morgan fingerprint density at radius 3 is 1.67 bits per heavy atom. The molecule has 18 heavy (non-hydrogen) atoms. The average molecular weight is 270 g/mol. The molecule has 0 fully saturated rings. The van der Waals surface area contributed by atoms with Crippen LogP contribution in [0.5, 0.6) is 0 Å². The lowest BCUT2D eigenvalue weighted by Gasteiger charge is -2.13. The molecule has 1 nitrogen and oxygen atoms in total. The molecule has 0 spiro atoms. The summed E-state index contributed by atoms with van der Waals surface area (Å²) in [4.78, 5) is 10.1. The zero-order valence-electron chi connectivity index (χ0n) is 8.90. The molecule has 0 aliphatic carbocycles. The number of halogens is 6. The molecule has 0 amide bonds. The second-order valence-corrected chi connectivity index (χ2v) is 3.62. The zero-order chi connectivity index (χ0) is 14.0. The first-order valence-corrected chi connectivity index (χ1v) is 4.86. The van der Waals surface area contributed by atoms with Crippen molar-refractivity contribution in [1.29, 1.82) is 0 Å². The van der Waals surface area contributed by atoms with Gasteiger partial charge < -0.3 is 4.79 Å². The molecule has 100 valence electrons. The maximum absolute atomic E-state index is 12.4. The van der Waals surface area contributed by atoms with Crippen molar-refractivity contribution in [2.24, 2.45) is 0 Å². The third-order valence-corrected chi connectivity index (χ3v) is 2.20. The molecule has 0 bridgehead atoms. The van der Waals surface area contributed by atoms with E-state index < -0.39 is 23.5 Å². The van der Waals surface area contributed by atoms with Gasteiger partial charge in [-0.05, 0) is 30.2 Å². The smallest absolute Gasteiger partial charge is 0.303 e. The summed E-state index contributed by atoms with van der Waals surface area (Å²) in [7, 11) is 0. The molecule has 1 aromatic rings. The summed E-state index contributed by atoms with van der Waals surface area (Å²) in [6, 6.07) is 1.31. The average Bonchev–Trinajstić information content (AvgIpc) is 2.23. The van der Waals surface area contributed by atoms with Crippen LogP contribution in [0, 0.1) is 0 Å². The first-order valence-electron chi connectivity index (χ1n) is 4.86. The SMILES string of the molecule is O=CCCc1cc(C(F)(F)F)cc(C(F)(F)F)c1. The number of carbonyl (C=O) groups is 1. The predicted octanol–water partition coefficient (Wildman–Crippen LogP) is 3.86. The Hall–Kier alpha value is -1.53. The van der Waals surface area contributed by atoms with Crippen molar-refractivity contribution in [3.63, 3.8) is 0 Å². The third kappa shape index (κ3) is 3.75. The summed E-state index contributed by atoms with van der Waals surface area (Å²) in [5, 5.41) is 0. The lowest BCUT2D eigenvalue weighted by Crippen LogP contribution is -2.11. The Morgan fingerprint density at radius 1 is 0.889 bits per heavy atom. The lowest BCUT2D eigenvalue weighted by molar-refractivity contribution is -0.143. The highest BCUT2D eigenvalue weighted by atomic mass is 19.4. The number of hydrogen-bond donors (Lipinski definition) is 0. The minimum absolute atomic E-state index is 0.0599. The van der Waals surface area contributed by atoms with E-state index in [2.05, 4.69) is 0 Å². The molecule has 0 radical (unpaired) electrons. The van der Waals surface area contributed by atoms with Crippen LogP contribution in [0.1, 0.15) is 23.1 Å². The number of benzene rings is 1. The van der Waals surface area contributed by atoms with Gasteiger partial charge in [0.25, 0.3) is 0 Å². The van der Waals surface area contributed by atoms with E-state index in [-0.39, 0.29) is 24.5 Å². The monoisotopic (exact) mass is 270 g/mol. The predicted molar refractivity (Wildman–Crippen MR) is 50.8 cm³/mol. The van der Waals surface area contributed by atoms with Crippen LogP contribution < -0.4 is 0 Å². The Kier molecular flexibility index (Phi) is 4.03. The zero-order valence-corrected chi connectivity index (χ0v) is 8.90. The van der Waals surface area contributed by atoms with Crippen molar-refractivity contribution >= 4 is 6.29 Å². The van der Waals surface area contributed by atoms with Crippen LogP contribution in [0.4, 0.5) is 26.3 Å². The fraction of sp³-hybridized carbons (Fsp3) is 0.364. The molecule has 0 saturated carbocycles. The van der Waals surface area contributed by atoms with Gasteiger partial charge in [-0.25, -0.2) is 0 Å². The lowest BCUT2D eigenvalue weighted by atomic mass is 10.0. The van der Waals surface area contributed by atoms with Gasteiger partial charge in [-0.1, -0.05) is 0 Å². The number of aldehydes is 1. The quantitative estimate of drug-likeness (QED) is 0.602. The summed E-state index contributed by atoms with van der Waals surface area (Å²) in [6.07, 6.45) is -9.54. The van der Waals surface area contributed by atoms with Crippen molar-refractivity contribution in [1.82, 2.24) is 0 Å². The van der Waals surface area contributed by atoms with Crippen molar-refractivity contribution < 1.29 is 31.1 Å². The number of alkyl halides is 6. The Labute approximate surface area is 98.4 Å². The Balaban J connectivity index is 3.24. The van der Waals surface area contributed by atoms with Crippen molar-refractivity contribution in [2.45, 2.75) is 25.2 Å². The van der Waals surface area contributed by atoms with E-state index >= 15 is 0 Å². The van der Waals surface area contributed by atoms with Crippen LogP contribution in [0.25, 0.3) is 0 Å². The largest absolute Gasteiger partial charge is 0.416 e. The number of rotatable bonds is 3.